The largest absolute Gasteiger partial charge is 0.308 e. The van der Waals surface area contributed by atoms with Crippen LogP contribution >= 0.6 is 11.3 Å². The van der Waals surface area contributed by atoms with Crippen LogP contribution in [0.5, 0.6) is 0 Å². The van der Waals surface area contributed by atoms with Crippen molar-refractivity contribution in [2.24, 2.45) is 0 Å². The van der Waals surface area contributed by atoms with E-state index in [1.807, 2.05) is 13.1 Å². The molecule has 1 saturated carbocycles. The van der Waals surface area contributed by atoms with E-state index in [2.05, 4.69) is 20.3 Å². The molecule has 0 amide bonds. The Hall–Kier alpha value is -1.38. The maximum absolute atomic E-state index is 12.4. The summed E-state index contributed by atoms with van der Waals surface area (Å²) in [6.45, 7) is 2.55. The summed E-state index contributed by atoms with van der Waals surface area (Å²) < 4.78 is 24.8. The topological polar surface area (TPSA) is 84.8 Å². The molecule has 6 nitrogen and oxygen atoms in total. The first-order valence-corrected chi connectivity index (χ1v) is 10.8. The maximum atomic E-state index is 12.4. The van der Waals surface area contributed by atoms with Gasteiger partial charge in [0.1, 0.15) is 0 Å². The van der Waals surface area contributed by atoms with Gasteiger partial charge in [-0.3, -0.25) is 0 Å². The summed E-state index contributed by atoms with van der Waals surface area (Å²) in [6, 6.07) is 1.82. The molecule has 2 unspecified atom stereocenters. The second-order valence-corrected chi connectivity index (χ2v) is 9.48. The van der Waals surface area contributed by atoms with Crippen LogP contribution in [-0.4, -0.2) is 40.4 Å². The zero-order valence-electron chi connectivity index (χ0n) is 13.7. The molecule has 0 aromatic carbocycles. The number of thiazole rings is 1. The third-order valence-electron chi connectivity index (χ3n) is 4.25. The summed E-state index contributed by atoms with van der Waals surface area (Å²) in [4.78, 5) is 13.8. The molecule has 2 atom stereocenters. The molecule has 1 N–H and O–H groups in total. The molecule has 0 spiro atoms. The molecule has 0 saturated heterocycles. The Labute approximate surface area is 146 Å². The summed E-state index contributed by atoms with van der Waals surface area (Å²) in [7, 11) is -3.00. The quantitative estimate of drug-likeness (QED) is 0.810. The van der Waals surface area contributed by atoms with Crippen molar-refractivity contribution in [3.63, 3.8) is 0 Å². The van der Waals surface area contributed by atoms with Gasteiger partial charge in [-0.05, 0) is 25.3 Å². The summed E-state index contributed by atoms with van der Waals surface area (Å²) in [5.41, 5.74) is 0. The summed E-state index contributed by atoms with van der Waals surface area (Å²) >= 11 is 1.54. The Balaban J connectivity index is 1.63. The summed E-state index contributed by atoms with van der Waals surface area (Å²) in [5, 5.41) is 3.97. The van der Waals surface area contributed by atoms with Crippen molar-refractivity contribution >= 4 is 21.2 Å². The fourth-order valence-electron chi connectivity index (χ4n) is 3.16. The molecular weight excluding hydrogens is 344 g/mol. The first-order valence-electron chi connectivity index (χ1n) is 8.27. The average Bonchev–Trinajstić information content (AvgIpc) is 3.23. The van der Waals surface area contributed by atoms with Crippen LogP contribution in [0.2, 0.25) is 0 Å². The van der Waals surface area contributed by atoms with Gasteiger partial charge in [-0.2, -0.15) is 0 Å². The monoisotopic (exact) mass is 366 g/mol. The summed E-state index contributed by atoms with van der Waals surface area (Å²) in [6.07, 6.45) is 8.55. The Morgan fingerprint density at radius 1 is 1.25 bits per heavy atom. The average molecular weight is 367 g/mol. The van der Waals surface area contributed by atoms with Crippen molar-refractivity contribution in [3.8, 4) is 10.8 Å². The van der Waals surface area contributed by atoms with Crippen molar-refractivity contribution in [2.75, 3.05) is 5.75 Å². The third kappa shape index (κ3) is 3.99. The lowest BCUT2D eigenvalue weighted by Crippen LogP contribution is -2.40. The Kier molecular flexibility index (Phi) is 5.57. The van der Waals surface area contributed by atoms with E-state index >= 15 is 0 Å². The highest BCUT2D eigenvalue weighted by atomic mass is 32.2. The molecule has 3 rings (SSSR count). The van der Waals surface area contributed by atoms with Crippen LogP contribution in [0.3, 0.4) is 0 Å². The SMILES string of the molecule is CCCS(=O)(=O)C1CCCC1NCc1cnc(-c2ncccn2)s1. The van der Waals surface area contributed by atoms with Gasteiger partial charge in [0.05, 0.1) is 11.0 Å². The fraction of sp³-hybridized carbons (Fsp3) is 0.562. The van der Waals surface area contributed by atoms with Crippen molar-refractivity contribution in [1.82, 2.24) is 20.3 Å². The van der Waals surface area contributed by atoms with E-state index in [0.29, 0.717) is 18.8 Å². The summed E-state index contributed by atoms with van der Waals surface area (Å²) in [5.74, 6) is 0.907. The number of aromatic nitrogens is 3. The van der Waals surface area contributed by atoms with Crippen LogP contribution in [0, 0.1) is 0 Å². The Morgan fingerprint density at radius 2 is 2.04 bits per heavy atom. The minimum absolute atomic E-state index is 0.0417. The number of nitrogens with zero attached hydrogens (tertiary/aromatic N) is 3. The first-order chi connectivity index (χ1) is 11.6. The zero-order valence-corrected chi connectivity index (χ0v) is 15.3. The van der Waals surface area contributed by atoms with Crippen molar-refractivity contribution < 1.29 is 8.42 Å². The number of hydrogen-bond donors (Lipinski definition) is 1. The van der Waals surface area contributed by atoms with E-state index in [1.165, 1.54) is 0 Å². The van der Waals surface area contributed by atoms with Crippen molar-refractivity contribution in [2.45, 2.75) is 50.4 Å². The van der Waals surface area contributed by atoms with Gasteiger partial charge in [0, 0.05) is 36.1 Å². The van der Waals surface area contributed by atoms with Crippen LogP contribution in [0.1, 0.15) is 37.5 Å². The predicted octanol–water partition coefficient (Wildman–Crippen LogP) is 2.44. The highest BCUT2D eigenvalue weighted by Crippen LogP contribution is 2.28. The van der Waals surface area contributed by atoms with Gasteiger partial charge >= 0.3 is 0 Å². The lowest BCUT2D eigenvalue weighted by atomic mass is 10.2. The maximum Gasteiger partial charge on any atom is 0.188 e. The molecule has 0 aliphatic heterocycles. The normalized spacial score (nSPS) is 21.2. The molecule has 1 aliphatic rings. The first kappa shape index (κ1) is 17.4. The predicted molar refractivity (Wildman–Crippen MR) is 95.5 cm³/mol. The van der Waals surface area contributed by atoms with Crippen molar-refractivity contribution in [3.05, 3.63) is 29.5 Å². The number of hydrogen-bond acceptors (Lipinski definition) is 7. The van der Waals surface area contributed by atoms with Crippen LogP contribution in [0.25, 0.3) is 10.8 Å². The fourth-order valence-corrected chi connectivity index (χ4v) is 6.10. The third-order valence-corrected chi connectivity index (χ3v) is 7.71. The molecule has 1 fully saturated rings. The van der Waals surface area contributed by atoms with E-state index in [4.69, 9.17) is 0 Å². The molecule has 2 aromatic rings. The van der Waals surface area contributed by atoms with Gasteiger partial charge < -0.3 is 5.32 Å². The highest BCUT2D eigenvalue weighted by Gasteiger charge is 2.36. The van der Waals surface area contributed by atoms with Crippen molar-refractivity contribution in [1.29, 1.82) is 0 Å². The van der Waals surface area contributed by atoms with E-state index in [9.17, 15) is 8.42 Å². The highest BCUT2D eigenvalue weighted by molar-refractivity contribution is 7.92. The van der Waals surface area contributed by atoms with E-state index < -0.39 is 9.84 Å². The minimum Gasteiger partial charge on any atom is -0.308 e. The van der Waals surface area contributed by atoms with Gasteiger partial charge in [0.2, 0.25) is 0 Å². The number of sulfone groups is 1. The second-order valence-electron chi connectivity index (χ2n) is 6.03. The van der Waals surface area contributed by atoms with Gasteiger partial charge in [-0.1, -0.05) is 13.3 Å². The van der Waals surface area contributed by atoms with E-state index in [0.717, 1.165) is 29.1 Å². The lowest BCUT2D eigenvalue weighted by Gasteiger charge is -2.20. The van der Waals surface area contributed by atoms with Crippen LogP contribution in [-0.2, 0) is 16.4 Å². The Bertz CT molecular complexity index is 761. The second kappa shape index (κ2) is 7.67. The van der Waals surface area contributed by atoms with Crippen LogP contribution in [0.4, 0.5) is 0 Å². The van der Waals surface area contributed by atoms with E-state index in [-0.39, 0.29) is 17.0 Å². The van der Waals surface area contributed by atoms with E-state index in [1.54, 1.807) is 29.8 Å². The molecule has 0 bridgehead atoms. The number of rotatable bonds is 7. The van der Waals surface area contributed by atoms with Gasteiger partial charge in [-0.15, -0.1) is 11.3 Å². The Morgan fingerprint density at radius 3 is 2.79 bits per heavy atom. The minimum atomic E-state index is -3.00. The molecule has 2 aromatic heterocycles. The van der Waals surface area contributed by atoms with Gasteiger partial charge in [0.25, 0.3) is 0 Å². The smallest absolute Gasteiger partial charge is 0.188 e. The number of nitrogens with one attached hydrogen (secondary N) is 1. The molecular formula is C16H22N4O2S2. The molecule has 24 heavy (non-hydrogen) atoms. The molecule has 2 heterocycles. The lowest BCUT2D eigenvalue weighted by molar-refractivity contribution is 0.506. The van der Waals surface area contributed by atoms with Gasteiger partial charge in [0.15, 0.2) is 20.7 Å². The van der Waals surface area contributed by atoms with Crippen LogP contribution < -0.4 is 5.32 Å². The molecule has 8 heteroatoms. The molecule has 130 valence electrons. The molecule has 1 aliphatic carbocycles. The van der Waals surface area contributed by atoms with Gasteiger partial charge in [-0.25, -0.2) is 23.4 Å². The zero-order chi connectivity index (χ0) is 17.0. The standard InChI is InChI=1S/C16H22N4O2S2/c1-2-9-24(21,22)14-6-3-5-13(14)19-10-12-11-20-16(23-12)15-17-7-4-8-18-15/h4,7-8,11,13-14,19H,2-3,5-6,9-10H2,1H3. The molecule has 0 radical (unpaired) electrons. The van der Waals surface area contributed by atoms with Crippen LogP contribution in [0.15, 0.2) is 24.7 Å².